The number of aromatic nitrogens is 4. The Balaban J connectivity index is 1.78. The fraction of sp³-hybridized carbons (Fsp3) is 0.222. The van der Waals surface area contributed by atoms with E-state index in [0.717, 1.165) is 0 Å². The molecule has 0 aliphatic carbocycles. The summed E-state index contributed by atoms with van der Waals surface area (Å²) in [5.41, 5.74) is 0.970. The minimum atomic E-state index is -0.112. The topological polar surface area (TPSA) is 69.8 Å². The zero-order chi connectivity index (χ0) is 18.7. The number of thioether (sulfide) groups is 1. The highest BCUT2D eigenvalue weighted by atomic mass is 35.5. The van der Waals surface area contributed by atoms with Crippen molar-refractivity contribution < 1.29 is 4.79 Å². The Morgan fingerprint density at radius 2 is 1.92 bits per heavy atom. The largest absolute Gasteiger partial charge is 0.315 e. The molecule has 0 aliphatic rings. The zero-order valence-electron chi connectivity index (χ0n) is 14.3. The number of hydrogen-bond acceptors (Lipinski definition) is 5. The van der Waals surface area contributed by atoms with Crippen LogP contribution in [0.5, 0.6) is 0 Å². The second kappa shape index (κ2) is 7.88. The molecule has 2 aromatic heterocycles. The normalized spacial score (nSPS) is 10.9. The van der Waals surface area contributed by atoms with Gasteiger partial charge in [-0.2, -0.15) is 0 Å². The van der Waals surface area contributed by atoms with E-state index in [4.69, 9.17) is 11.6 Å². The van der Waals surface area contributed by atoms with Gasteiger partial charge in [0.2, 0.25) is 0 Å². The lowest BCUT2D eigenvalue weighted by atomic mass is 10.1. The molecule has 0 atom stereocenters. The predicted molar refractivity (Wildman–Crippen MR) is 103 cm³/mol. The van der Waals surface area contributed by atoms with E-state index < -0.39 is 0 Å². The van der Waals surface area contributed by atoms with Crippen LogP contribution in [0.1, 0.15) is 17.3 Å². The maximum absolute atomic E-state index is 12.5. The van der Waals surface area contributed by atoms with Crippen LogP contribution >= 0.6 is 23.4 Å². The molecule has 0 spiro atoms. The molecule has 3 aromatic rings. The summed E-state index contributed by atoms with van der Waals surface area (Å²) in [7, 11) is 1.78. The molecule has 1 aromatic carbocycles. The summed E-state index contributed by atoms with van der Waals surface area (Å²) in [4.78, 5) is 24.7. The van der Waals surface area contributed by atoms with E-state index >= 15 is 0 Å². The van der Waals surface area contributed by atoms with Crippen molar-refractivity contribution in [1.29, 1.82) is 0 Å². The molecule has 0 unspecified atom stereocenters. The fourth-order valence-electron chi connectivity index (χ4n) is 2.48. The van der Waals surface area contributed by atoms with E-state index in [1.807, 2.05) is 13.0 Å². The van der Waals surface area contributed by atoms with Crippen molar-refractivity contribution in [2.24, 2.45) is 7.05 Å². The Morgan fingerprint density at radius 1 is 1.19 bits per heavy atom. The number of ketones is 1. The van der Waals surface area contributed by atoms with Crippen molar-refractivity contribution in [3.05, 3.63) is 63.5 Å². The highest BCUT2D eigenvalue weighted by Crippen LogP contribution is 2.22. The van der Waals surface area contributed by atoms with Gasteiger partial charge >= 0.3 is 0 Å². The smallest absolute Gasteiger partial charge is 0.261 e. The number of halogens is 1. The zero-order valence-corrected chi connectivity index (χ0v) is 15.9. The van der Waals surface area contributed by atoms with Crippen molar-refractivity contribution in [3.63, 3.8) is 0 Å². The number of benzene rings is 1. The molecular formula is C18H17ClN4O2S. The molecule has 0 aliphatic heterocycles. The van der Waals surface area contributed by atoms with Crippen LogP contribution in [0.2, 0.25) is 5.02 Å². The van der Waals surface area contributed by atoms with Gasteiger partial charge < -0.3 is 9.13 Å². The van der Waals surface area contributed by atoms with E-state index in [1.54, 1.807) is 52.7 Å². The number of carbonyl (C=O) groups excluding carboxylic acids is 1. The van der Waals surface area contributed by atoms with Gasteiger partial charge in [0.1, 0.15) is 0 Å². The Labute approximate surface area is 159 Å². The van der Waals surface area contributed by atoms with Gasteiger partial charge in [-0.1, -0.05) is 23.4 Å². The fourth-order valence-corrected chi connectivity index (χ4v) is 3.41. The number of carbonyl (C=O) groups is 1. The second-order valence-electron chi connectivity index (χ2n) is 5.60. The van der Waals surface area contributed by atoms with E-state index in [1.165, 1.54) is 11.8 Å². The van der Waals surface area contributed by atoms with E-state index in [-0.39, 0.29) is 17.1 Å². The molecule has 2 heterocycles. The molecule has 0 saturated heterocycles. The number of hydrogen-bond donors (Lipinski definition) is 0. The van der Waals surface area contributed by atoms with Crippen LogP contribution in [-0.2, 0) is 13.6 Å². The monoisotopic (exact) mass is 388 g/mol. The van der Waals surface area contributed by atoms with Crippen molar-refractivity contribution in [2.45, 2.75) is 18.6 Å². The Hall–Kier alpha value is -2.38. The first-order valence-electron chi connectivity index (χ1n) is 8.02. The first-order valence-corrected chi connectivity index (χ1v) is 9.38. The minimum Gasteiger partial charge on any atom is -0.315 e. The molecule has 0 fully saturated rings. The van der Waals surface area contributed by atoms with Gasteiger partial charge in [0, 0.05) is 30.4 Å². The summed E-state index contributed by atoms with van der Waals surface area (Å²) in [6.07, 6.45) is 1.74. The summed E-state index contributed by atoms with van der Waals surface area (Å²) in [5.74, 6) is 0.685. The second-order valence-corrected chi connectivity index (χ2v) is 6.98. The van der Waals surface area contributed by atoms with Crippen LogP contribution in [-0.4, -0.2) is 30.9 Å². The van der Waals surface area contributed by atoms with Crippen molar-refractivity contribution >= 4 is 29.1 Å². The maximum Gasteiger partial charge on any atom is 0.261 e. The average Bonchev–Trinajstić information content (AvgIpc) is 3.01. The Kier molecular flexibility index (Phi) is 5.58. The SMILES string of the molecule is CCn1cccc(-c2nnc(SCC(=O)c3ccc(Cl)cc3)n2C)c1=O. The molecule has 0 saturated carbocycles. The summed E-state index contributed by atoms with van der Waals surface area (Å²) in [5, 5.41) is 9.43. The van der Waals surface area contributed by atoms with E-state index in [2.05, 4.69) is 10.2 Å². The summed E-state index contributed by atoms with van der Waals surface area (Å²) in [6.45, 7) is 2.49. The van der Waals surface area contributed by atoms with Gasteiger partial charge in [0.25, 0.3) is 5.56 Å². The van der Waals surface area contributed by atoms with Gasteiger partial charge in [0.05, 0.1) is 11.3 Å². The third-order valence-electron chi connectivity index (χ3n) is 3.94. The number of Topliss-reactive ketones (excluding diaryl/α,β-unsaturated/α-hetero) is 1. The molecule has 26 heavy (non-hydrogen) atoms. The van der Waals surface area contributed by atoms with E-state index in [0.29, 0.717) is 33.7 Å². The van der Waals surface area contributed by atoms with Gasteiger partial charge in [-0.3, -0.25) is 9.59 Å². The highest BCUT2D eigenvalue weighted by Gasteiger charge is 2.16. The molecule has 6 nitrogen and oxygen atoms in total. The minimum absolute atomic E-state index is 0.0238. The number of pyridine rings is 1. The molecular weight excluding hydrogens is 372 g/mol. The number of aryl methyl sites for hydroxylation is 1. The molecule has 0 amide bonds. The van der Waals surface area contributed by atoms with Crippen LogP contribution in [0.15, 0.2) is 52.5 Å². The standard InChI is InChI=1S/C18H17ClN4O2S/c1-3-23-10-4-5-14(17(23)25)16-20-21-18(22(16)2)26-11-15(24)12-6-8-13(19)9-7-12/h4-10H,3,11H2,1-2H3. The third-order valence-corrected chi connectivity index (χ3v) is 5.21. The quantitative estimate of drug-likeness (QED) is 0.478. The Bertz CT molecular complexity index is 995. The molecule has 3 rings (SSSR count). The maximum atomic E-state index is 12.5. The highest BCUT2D eigenvalue weighted by molar-refractivity contribution is 7.99. The molecule has 8 heteroatoms. The summed E-state index contributed by atoms with van der Waals surface area (Å²) in [6, 6.07) is 10.3. The third kappa shape index (κ3) is 3.73. The van der Waals surface area contributed by atoms with Crippen LogP contribution in [0.3, 0.4) is 0 Å². The molecule has 0 N–H and O–H groups in total. The van der Waals surface area contributed by atoms with Gasteiger partial charge in [0.15, 0.2) is 16.8 Å². The lowest BCUT2D eigenvalue weighted by Gasteiger charge is -2.06. The van der Waals surface area contributed by atoms with Crippen molar-refractivity contribution in [2.75, 3.05) is 5.75 Å². The Morgan fingerprint density at radius 3 is 2.62 bits per heavy atom. The summed E-state index contributed by atoms with van der Waals surface area (Å²) >= 11 is 7.12. The average molecular weight is 389 g/mol. The van der Waals surface area contributed by atoms with Crippen LogP contribution < -0.4 is 5.56 Å². The van der Waals surface area contributed by atoms with Crippen LogP contribution in [0.25, 0.3) is 11.4 Å². The molecule has 134 valence electrons. The van der Waals surface area contributed by atoms with Crippen LogP contribution in [0, 0.1) is 0 Å². The van der Waals surface area contributed by atoms with E-state index in [9.17, 15) is 9.59 Å². The predicted octanol–water partition coefficient (Wildman–Crippen LogP) is 3.29. The summed E-state index contributed by atoms with van der Waals surface area (Å²) < 4.78 is 3.34. The lowest BCUT2D eigenvalue weighted by molar-refractivity contribution is 0.102. The van der Waals surface area contributed by atoms with Crippen LogP contribution in [0.4, 0.5) is 0 Å². The van der Waals surface area contributed by atoms with Gasteiger partial charge in [-0.05, 0) is 43.3 Å². The van der Waals surface area contributed by atoms with Gasteiger partial charge in [-0.25, -0.2) is 0 Å². The lowest BCUT2D eigenvalue weighted by Crippen LogP contribution is -2.20. The van der Waals surface area contributed by atoms with Gasteiger partial charge in [-0.15, -0.1) is 10.2 Å². The molecule has 0 bridgehead atoms. The first kappa shape index (κ1) is 18.4. The van der Waals surface area contributed by atoms with Crippen molar-refractivity contribution in [3.8, 4) is 11.4 Å². The number of nitrogens with zero attached hydrogens (tertiary/aromatic N) is 4. The first-order chi connectivity index (χ1) is 12.5. The molecule has 0 radical (unpaired) electrons. The van der Waals surface area contributed by atoms with Crippen molar-refractivity contribution in [1.82, 2.24) is 19.3 Å². The number of rotatable bonds is 6.